The summed E-state index contributed by atoms with van der Waals surface area (Å²) in [4.78, 5) is 24.1. The van der Waals surface area contributed by atoms with Gasteiger partial charge in [0.25, 0.3) is 0 Å². The Kier molecular flexibility index (Phi) is 28.2. The zero-order valence-corrected chi connectivity index (χ0v) is 30.8. The Balaban J connectivity index is 2.01. The van der Waals surface area contributed by atoms with Crippen molar-refractivity contribution >= 4 is 11.9 Å². The standard InChI is InChI=1S/C40H74O8/c1-3-5-7-8-9-10-11-12-13-14-15-16-17-22-26-39(45)47-31-34(42)32-48-40(46)27-23-19-18-21-25-35-36(38(44)30-37(35)43)29-28-33(41)24-20-6-4-2/h28-29,33-38,41-44H,3-27,30-32H2,1-2H3/b29-28+/t33-,34-,35+,36+,37-,38+/m0/s1. The molecule has 0 unspecified atom stereocenters. The Labute approximate surface area is 293 Å². The molecule has 1 aliphatic rings. The zero-order chi connectivity index (χ0) is 35.2. The monoisotopic (exact) mass is 683 g/mol. The van der Waals surface area contributed by atoms with Crippen molar-refractivity contribution in [3.05, 3.63) is 12.2 Å². The number of aliphatic hydroxyl groups excluding tert-OH is 4. The van der Waals surface area contributed by atoms with Gasteiger partial charge < -0.3 is 29.9 Å². The predicted octanol–water partition coefficient (Wildman–Crippen LogP) is 8.50. The lowest BCUT2D eigenvalue weighted by Gasteiger charge is -2.21. The molecule has 0 radical (unpaired) electrons. The van der Waals surface area contributed by atoms with Gasteiger partial charge in [-0.2, -0.15) is 0 Å². The van der Waals surface area contributed by atoms with E-state index in [0.717, 1.165) is 70.6 Å². The Morgan fingerprint density at radius 2 is 1.06 bits per heavy atom. The van der Waals surface area contributed by atoms with Crippen LogP contribution in [-0.4, -0.2) is 70.0 Å². The highest BCUT2D eigenvalue weighted by Crippen LogP contribution is 2.37. The molecule has 0 aromatic heterocycles. The number of carbonyl (C=O) groups excluding carboxylic acids is 2. The van der Waals surface area contributed by atoms with Gasteiger partial charge in [0.15, 0.2) is 0 Å². The van der Waals surface area contributed by atoms with E-state index in [2.05, 4.69) is 13.8 Å². The quantitative estimate of drug-likeness (QED) is 0.0315. The Morgan fingerprint density at radius 3 is 1.56 bits per heavy atom. The van der Waals surface area contributed by atoms with Crippen LogP contribution < -0.4 is 0 Å². The molecule has 0 heterocycles. The van der Waals surface area contributed by atoms with Gasteiger partial charge in [0, 0.05) is 25.2 Å². The highest BCUT2D eigenvalue weighted by atomic mass is 16.6. The summed E-state index contributed by atoms with van der Waals surface area (Å²) in [6.45, 7) is 4.03. The number of ether oxygens (including phenoxy) is 2. The molecule has 0 aromatic rings. The molecule has 282 valence electrons. The molecule has 0 spiro atoms. The summed E-state index contributed by atoms with van der Waals surface area (Å²) in [6.07, 6.45) is 27.6. The van der Waals surface area contributed by atoms with Crippen LogP contribution >= 0.6 is 0 Å². The number of esters is 2. The molecule has 8 heteroatoms. The molecule has 6 atom stereocenters. The molecule has 4 N–H and O–H groups in total. The van der Waals surface area contributed by atoms with E-state index in [0.29, 0.717) is 19.3 Å². The summed E-state index contributed by atoms with van der Waals surface area (Å²) >= 11 is 0. The number of rotatable bonds is 32. The molecule has 0 saturated heterocycles. The molecule has 0 aliphatic heterocycles. The van der Waals surface area contributed by atoms with Gasteiger partial charge in [0.05, 0.1) is 18.3 Å². The molecule has 1 fully saturated rings. The van der Waals surface area contributed by atoms with Gasteiger partial charge in [-0.15, -0.1) is 0 Å². The fourth-order valence-electron chi connectivity index (χ4n) is 6.77. The Hall–Kier alpha value is -1.48. The number of aliphatic hydroxyl groups is 4. The topological polar surface area (TPSA) is 134 Å². The van der Waals surface area contributed by atoms with Crippen LogP contribution in [0.2, 0.25) is 0 Å². The third-order valence-electron chi connectivity index (χ3n) is 9.85. The van der Waals surface area contributed by atoms with Gasteiger partial charge in [-0.25, -0.2) is 0 Å². The normalized spacial score (nSPS) is 20.7. The van der Waals surface area contributed by atoms with Gasteiger partial charge in [-0.05, 0) is 31.6 Å². The fourth-order valence-corrected chi connectivity index (χ4v) is 6.77. The minimum Gasteiger partial charge on any atom is -0.463 e. The van der Waals surface area contributed by atoms with Gasteiger partial charge in [0.2, 0.25) is 0 Å². The van der Waals surface area contributed by atoms with Crippen molar-refractivity contribution in [2.45, 2.75) is 205 Å². The molecule has 1 rings (SSSR count). The van der Waals surface area contributed by atoms with E-state index in [-0.39, 0.29) is 43.4 Å². The minimum absolute atomic E-state index is 0.0288. The van der Waals surface area contributed by atoms with Crippen molar-refractivity contribution < 1.29 is 39.5 Å². The maximum atomic E-state index is 12.1. The van der Waals surface area contributed by atoms with E-state index >= 15 is 0 Å². The van der Waals surface area contributed by atoms with Crippen molar-refractivity contribution in [3.8, 4) is 0 Å². The van der Waals surface area contributed by atoms with Crippen LogP contribution in [0.5, 0.6) is 0 Å². The van der Waals surface area contributed by atoms with E-state index in [1.54, 1.807) is 6.08 Å². The first-order valence-corrected chi connectivity index (χ1v) is 20.0. The third-order valence-corrected chi connectivity index (χ3v) is 9.85. The molecular formula is C40H74O8. The first-order valence-electron chi connectivity index (χ1n) is 20.0. The summed E-state index contributed by atoms with van der Waals surface area (Å²) in [7, 11) is 0. The lowest BCUT2D eigenvalue weighted by atomic mass is 9.88. The van der Waals surface area contributed by atoms with Crippen LogP contribution in [0.4, 0.5) is 0 Å². The summed E-state index contributed by atoms with van der Waals surface area (Å²) in [5.74, 6) is -0.870. The summed E-state index contributed by atoms with van der Waals surface area (Å²) in [5, 5.41) is 41.2. The molecule has 48 heavy (non-hydrogen) atoms. The second-order valence-corrected chi connectivity index (χ2v) is 14.4. The largest absolute Gasteiger partial charge is 0.463 e. The molecule has 0 amide bonds. The Morgan fingerprint density at radius 1 is 0.625 bits per heavy atom. The SMILES string of the molecule is CCCCCCCCCCCCCCCCC(=O)OC[C@H](O)COC(=O)CCCCCC[C@@H]1[C@@H](/C=C/[C@@H](O)CCCCC)[C@H](O)C[C@@H]1O. The van der Waals surface area contributed by atoms with E-state index < -0.39 is 24.4 Å². The van der Waals surface area contributed by atoms with E-state index in [1.807, 2.05) is 6.08 Å². The maximum absolute atomic E-state index is 12.1. The third kappa shape index (κ3) is 23.8. The number of hydrogen-bond donors (Lipinski definition) is 4. The number of carbonyl (C=O) groups is 2. The smallest absolute Gasteiger partial charge is 0.305 e. The first-order chi connectivity index (χ1) is 23.3. The average molecular weight is 683 g/mol. The van der Waals surface area contributed by atoms with Crippen molar-refractivity contribution in [2.75, 3.05) is 13.2 Å². The highest BCUT2D eigenvalue weighted by molar-refractivity contribution is 5.69. The Bertz CT molecular complexity index is 802. The van der Waals surface area contributed by atoms with E-state index in [1.165, 1.54) is 70.6 Å². The first kappa shape index (κ1) is 44.5. The van der Waals surface area contributed by atoms with Gasteiger partial charge in [0.1, 0.15) is 19.3 Å². The molecular weight excluding hydrogens is 608 g/mol. The van der Waals surface area contributed by atoms with Crippen molar-refractivity contribution in [1.29, 1.82) is 0 Å². The van der Waals surface area contributed by atoms with E-state index in [4.69, 9.17) is 9.47 Å². The van der Waals surface area contributed by atoms with Crippen molar-refractivity contribution in [2.24, 2.45) is 11.8 Å². The minimum atomic E-state index is -1.03. The summed E-state index contributed by atoms with van der Waals surface area (Å²) in [5.41, 5.74) is 0. The average Bonchev–Trinajstić information content (AvgIpc) is 3.34. The van der Waals surface area contributed by atoms with Crippen LogP contribution in [0.25, 0.3) is 0 Å². The van der Waals surface area contributed by atoms with Crippen LogP contribution in [0.1, 0.15) is 181 Å². The number of hydrogen-bond acceptors (Lipinski definition) is 8. The highest BCUT2D eigenvalue weighted by Gasteiger charge is 2.39. The fraction of sp³-hybridized carbons (Fsp3) is 0.900. The molecule has 8 nitrogen and oxygen atoms in total. The summed E-state index contributed by atoms with van der Waals surface area (Å²) in [6, 6.07) is 0. The molecule has 1 saturated carbocycles. The van der Waals surface area contributed by atoms with Crippen molar-refractivity contribution in [1.82, 2.24) is 0 Å². The second-order valence-electron chi connectivity index (χ2n) is 14.4. The number of unbranched alkanes of at least 4 members (excludes halogenated alkanes) is 18. The second kappa shape index (κ2) is 30.4. The van der Waals surface area contributed by atoms with Gasteiger partial charge in [-0.3, -0.25) is 9.59 Å². The lowest BCUT2D eigenvalue weighted by Crippen LogP contribution is -2.25. The van der Waals surface area contributed by atoms with Crippen molar-refractivity contribution in [3.63, 3.8) is 0 Å². The molecule has 0 bridgehead atoms. The maximum Gasteiger partial charge on any atom is 0.305 e. The predicted molar refractivity (Wildman–Crippen MR) is 193 cm³/mol. The lowest BCUT2D eigenvalue weighted by molar-refractivity contribution is -0.152. The van der Waals surface area contributed by atoms with Gasteiger partial charge in [-0.1, -0.05) is 148 Å². The van der Waals surface area contributed by atoms with E-state index in [9.17, 15) is 30.0 Å². The molecule has 0 aromatic carbocycles. The van der Waals surface area contributed by atoms with Crippen LogP contribution in [-0.2, 0) is 19.1 Å². The van der Waals surface area contributed by atoms with Crippen LogP contribution in [0.3, 0.4) is 0 Å². The zero-order valence-electron chi connectivity index (χ0n) is 30.8. The molecule has 1 aliphatic carbocycles. The van der Waals surface area contributed by atoms with Gasteiger partial charge >= 0.3 is 11.9 Å². The van der Waals surface area contributed by atoms with Crippen LogP contribution in [0.15, 0.2) is 12.2 Å². The summed E-state index contributed by atoms with van der Waals surface area (Å²) < 4.78 is 10.3. The van der Waals surface area contributed by atoms with Crippen LogP contribution in [0, 0.1) is 11.8 Å².